The van der Waals surface area contributed by atoms with Gasteiger partial charge in [0.15, 0.2) is 0 Å². The van der Waals surface area contributed by atoms with E-state index in [4.69, 9.17) is 14.6 Å². The second-order valence-electron chi connectivity index (χ2n) is 2.62. The molecule has 0 fully saturated rings. The summed E-state index contributed by atoms with van der Waals surface area (Å²) in [6.07, 6.45) is 0. The van der Waals surface area contributed by atoms with Crippen molar-refractivity contribution in [2.24, 2.45) is 0 Å². The van der Waals surface area contributed by atoms with E-state index < -0.39 is 22.2 Å². The molecule has 0 aromatic rings. The van der Waals surface area contributed by atoms with Gasteiger partial charge in [-0.3, -0.25) is 9.05 Å². The third-order valence-electron chi connectivity index (χ3n) is 1.58. The lowest BCUT2D eigenvalue weighted by Gasteiger charge is -2.11. The van der Waals surface area contributed by atoms with Gasteiger partial charge in [-0.25, -0.2) is 13.0 Å². The molecule has 16 heavy (non-hydrogen) atoms. The highest BCUT2D eigenvalue weighted by Gasteiger charge is 2.48. The number of sulfone groups is 1. The fourth-order valence-electron chi connectivity index (χ4n) is 0.904. The van der Waals surface area contributed by atoms with E-state index in [-0.39, 0.29) is 19.0 Å². The van der Waals surface area contributed by atoms with Crippen molar-refractivity contribution in [2.45, 2.75) is 20.8 Å². The van der Waals surface area contributed by atoms with E-state index >= 15 is 0 Å². The Hall–Kier alpha value is -0.520. The summed E-state index contributed by atoms with van der Waals surface area (Å²) in [5.41, 5.74) is 8.66. The molecule has 0 aliphatic heterocycles. The Morgan fingerprint density at radius 2 is 1.69 bits per heavy atom. The number of nitrogens with zero attached hydrogens (tertiary/aromatic N) is 2. The first-order valence-corrected chi connectivity index (χ1v) is 7.91. The molecular formula is C7H15N2O5PS. The Bertz CT molecular complexity index is 416. The van der Waals surface area contributed by atoms with E-state index in [1.54, 1.807) is 0 Å². The maximum Gasteiger partial charge on any atom is 0.490 e. The van der Waals surface area contributed by atoms with Crippen LogP contribution in [0.15, 0.2) is 0 Å². The highest BCUT2D eigenvalue weighted by molar-refractivity contribution is 8.19. The Balaban J connectivity index is 5.53. The molecule has 0 N–H and O–H groups in total. The standard InChI is InChI=1S/C7H15N2O5PS/c1-4-13-15(10,14-5-2)7(9-8)16(11,12)6-3/h4-6H2,1-3H3. The molecule has 0 aromatic carbocycles. The summed E-state index contributed by atoms with van der Waals surface area (Å²) in [6.45, 7) is 4.35. The largest absolute Gasteiger partial charge is 0.490 e. The summed E-state index contributed by atoms with van der Waals surface area (Å²) in [4.78, 5) is 1.62. The van der Waals surface area contributed by atoms with Crippen molar-refractivity contribution in [1.82, 2.24) is 0 Å². The first kappa shape index (κ1) is 15.5. The number of hydrogen-bond acceptors (Lipinski definition) is 5. The van der Waals surface area contributed by atoms with Gasteiger partial charge in [-0.2, -0.15) is 0 Å². The monoisotopic (exact) mass is 270 g/mol. The summed E-state index contributed by atoms with van der Waals surface area (Å²) < 4.78 is 44.6. The Morgan fingerprint density at radius 1 is 1.25 bits per heavy atom. The lowest BCUT2D eigenvalue weighted by Crippen LogP contribution is -2.21. The number of hydrogen-bond donors (Lipinski definition) is 0. The van der Waals surface area contributed by atoms with Crippen LogP contribution in [0, 0.1) is 0 Å². The van der Waals surface area contributed by atoms with Crippen LogP contribution in [0.25, 0.3) is 5.53 Å². The molecule has 7 nitrogen and oxygen atoms in total. The molecule has 0 saturated heterocycles. The van der Waals surface area contributed by atoms with E-state index in [1.807, 2.05) is 0 Å². The average molecular weight is 270 g/mol. The maximum atomic E-state index is 12.0. The van der Waals surface area contributed by atoms with Gasteiger partial charge in [-0.1, -0.05) is 6.92 Å². The molecule has 0 spiro atoms. The van der Waals surface area contributed by atoms with Crippen LogP contribution in [0.3, 0.4) is 0 Å². The molecule has 0 atom stereocenters. The van der Waals surface area contributed by atoms with Crippen molar-refractivity contribution in [3.05, 3.63) is 5.53 Å². The summed E-state index contributed by atoms with van der Waals surface area (Å²) >= 11 is 0. The summed E-state index contributed by atoms with van der Waals surface area (Å²) in [7, 11) is -7.98. The minimum atomic E-state index is -4.06. The molecule has 0 rings (SSSR count). The van der Waals surface area contributed by atoms with Crippen molar-refractivity contribution in [3.8, 4) is 0 Å². The topological polar surface area (TPSA) is 106 Å². The fraction of sp³-hybridized carbons (Fsp3) is 0.857. The second kappa shape index (κ2) is 6.27. The molecule has 0 amide bonds. The molecule has 0 saturated carbocycles. The van der Waals surface area contributed by atoms with Crippen molar-refractivity contribution < 1.29 is 26.8 Å². The van der Waals surface area contributed by atoms with Gasteiger partial charge in [0.1, 0.15) is 0 Å². The molecule has 0 unspecified atom stereocenters. The van der Waals surface area contributed by atoms with E-state index in [0.29, 0.717) is 0 Å². The second-order valence-corrected chi connectivity index (χ2v) is 7.05. The lowest BCUT2D eigenvalue weighted by atomic mass is 10.9. The third-order valence-corrected chi connectivity index (χ3v) is 6.23. The summed E-state index contributed by atoms with van der Waals surface area (Å²) in [5.74, 6) is -0.351. The van der Waals surface area contributed by atoms with Gasteiger partial charge in [0.05, 0.1) is 19.0 Å². The van der Waals surface area contributed by atoms with Crippen LogP contribution in [-0.2, 0) is 23.4 Å². The number of rotatable bonds is 6. The van der Waals surface area contributed by atoms with Gasteiger partial charge in [0.2, 0.25) is 0 Å². The van der Waals surface area contributed by atoms with Gasteiger partial charge < -0.3 is 5.53 Å². The summed E-state index contributed by atoms with van der Waals surface area (Å²) in [6, 6.07) is 0. The van der Waals surface area contributed by atoms with Crippen LogP contribution < -0.4 is 0 Å². The van der Waals surface area contributed by atoms with Crippen LogP contribution in [-0.4, -0.2) is 37.0 Å². The molecule has 9 heteroatoms. The van der Waals surface area contributed by atoms with Crippen molar-refractivity contribution in [3.63, 3.8) is 0 Å². The molecule has 0 bridgehead atoms. The quantitative estimate of drug-likeness (QED) is 0.237. The minimum Gasteiger partial charge on any atom is -0.360 e. The zero-order chi connectivity index (χ0) is 12.8. The molecule has 0 aliphatic carbocycles. The minimum absolute atomic E-state index is 0.0183. The third kappa shape index (κ3) is 3.50. The van der Waals surface area contributed by atoms with E-state index in [1.165, 1.54) is 20.8 Å². The van der Waals surface area contributed by atoms with Crippen molar-refractivity contribution in [2.75, 3.05) is 19.0 Å². The Morgan fingerprint density at radius 3 is 1.94 bits per heavy atom. The van der Waals surface area contributed by atoms with Crippen molar-refractivity contribution in [1.29, 1.82) is 0 Å². The van der Waals surface area contributed by atoms with Crippen LogP contribution in [0.5, 0.6) is 0 Å². The average Bonchev–Trinajstić information content (AvgIpc) is 2.18. The Labute approximate surface area is 94.8 Å². The van der Waals surface area contributed by atoms with E-state index in [0.717, 1.165) is 0 Å². The smallest absolute Gasteiger partial charge is 0.360 e. The Kier molecular flexibility index (Phi) is 6.07. The maximum absolute atomic E-state index is 12.0. The van der Waals surface area contributed by atoms with Crippen LogP contribution >= 0.6 is 7.60 Å². The fourth-order valence-corrected chi connectivity index (χ4v) is 4.44. The predicted octanol–water partition coefficient (Wildman–Crippen LogP) is 1.27. The molecule has 0 heterocycles. The molecule has 0 aliphatic rings. The van der Waals surface area contributed by atoms with E-state index in [9.17, 15) is 13.0 Å². The van der Waals surface area contributed by atoms with Crippen LogP contribution in [0.4, 0.5) is 0 Å². The van der Waals surface area contributed by atoms with Gasteiger partial charge in [0.25, 0.3) is 9.84 Å². The van der Waals surface area contributed by atoms with Gasteiger partial charge in [-0.05, 0) is 13.8 Å². The van der Waals surface area contributed by atoms with Crippen LogP contribution in [0.1, 0.15) is 20.8 Å². The van der Waals surface area contributed by atoms with Crippen molar-refractivity contribution >= 4 is 22.2 Å². The molecule has 94 valence electrons. The van der Waals surface area contributed by atoms with Gasteiger partial charge >= 0.3 is 12.4 Å². The first-order chi connectivity index (χ1) is 7.37. The lowest BCUT2D eigenvalue weighted by molar-refractivity contribution is 0.000658. The highest BCUT2D eigenvalue weighted by Crippen LogP contribution is 2.50. The SMILES string of the molecule is CCOP(=O)(OCC)C(=[N+]=[N-])S(=O)(=O)CC. The van der Waals surface area contributed by atoms with Gasteiger partial charge in [0, 0.05) is 0 Å². The highest BCUT2D eigenvalue weighted by atomic mass is 32.2. The molecular weight excluding hydrogens is 255 g/mol. The zero-order valence-corrected chi connectivity index (χ0v) is 11.1. The predicted molar refractivity (Wildman–Crippen MR) is 58.9 cm³/mol. The van der Waals surface area contributed by atoms with Crippen LogP contribution in [0.2, 0.25) is 0 Å². The normalized spacial score (nSPS) is 12.2. The zero-order valence-electron chi connectivity index (χ0n) is 9.41. The molecule has 0 radical (unpaired) electrons. The van der Waals surface area contributed by atoms with E-state index in [2.05, 4.69) is 4.79 Å². The summed E-state index contributed by atoms with van der Waals surface area (Å²) in [5, 5.41) is 0. The van der Waals surface area contributed by atoms with Gasteiger partial charge in [-0.15, -0.1) is 4.79 Å². The molecule has 0 aromatic heterocycles. The first-order valence-electron chi connectivity index (χ1n) is 4.72.